The number of sulfone groups is 1. The van der Waals surface area contributed by atoms with Crippen LogP contribution in [0.2, 0.25) is 0 Å². The zero-order valence-corrected chi connectivity index (χ0v) is 11.5. The third-order valence-electron chi connectivity index (χ3n) is 2.34. The van der Waals surface area contributed by atoms with Gasteiger partial charge in [-0.1, -0.05) is 0 Å². The summed E-state index contributed by atoms with van der Waals surface area (Å²) in [6.07, 6.45) is 2.55. The van der Waals surface area contributed by atoms with E-state index in [9.17, 15) is 13.2 Å². The van der Waals surface area contributed by atoms with E-state index in [1.807, 2.05) is 0 Å². The molecule has 1 unspecified atom stereocenters. The summed E-state index contributed by atoms with van der Waals surface area (Å²) in [5.74, 6) is -0.505. The molecule has 0 saturated heterocycles. The second-order valence-corrected chi connectivity index (χ2v) is 6.26. The number of carbonyl (C=O) groups excluding carboxylic acids is 1. The lowest BCUT2D eigenvalue weighted by Crippen LogP contribution is -2.21. The van der Waals surface area contributed by atoms with Crippen molar-refractivity contribution in [2.24, 2.45) is 0 Å². The molecule has 0 aliphatic rings. The standard InChI is InChI=1S/C10H13ClN2O4S/c1-7(3-4-11)18(15,16)9-6-12-5-8(13-9)10(14)17-2/h5-7H,3-4H2,1-2H3. The minimum absolute atomic E-state index is 0.142. The Labute approximate surface area is 110 Å². The molecule has 0 aliphatic carbocycles. The number of nitrogens with zero attached hydrogens (tertiary/aromatic N) is 2. The lowest BCUT2D eigenvalue weighted by Gasteiger charge is -2.10. The largest absolute Gasteiger partial charge is 0.464 e. The number of aromatic nitrogens is 2. The van der Waals surface area contributed by atoms with E-state index in [0.29, 0.717) is 6.42 Å². The molecule has 1 atom stereocenters. The minimum Gasteiger partial charge on any atom is -0.464 e. The lowest BCUT2D eigenvalue weighted by atomic mass is 10.4. The quantitative estimate of drug-likeness (QED) is 0.596. The van der Waals surface area contributed by atoms with Crippen LogP contribution in [0.25, 0.3) is 0 Å². The van der Waals surface area contributed by atoms with Crippen molar-refractivity contribution in [1.29, 1.82) is 0 Å². The molecule has 6 nitrogen and oxygen atoms in total. The molecule has 0 N–H and O–H groups in total. The van der Waals surface area contributed by atoms with Crippen LogP contribution in [0.1, 0.15) is 23.8 Å². The Morgan fingerprint density at radius 1 is 1.50 bits per heavy atom. The second-order valence-electron chi connectivity index (χ2n) is 3.57. The van der Waals surface area contributed by atoms with Crippen molar-refractivity contribution >= 4 is 27.4 Å². The molecule has 0 radical (unpaired) electrons. The number of hydrogen-bond donors (Lipinski definition) is 0. The fourth-order valence-electron chi connectivity index (χ4n) is 1.20. The Bertz CT molecular complexity index is 532. The highest BCUT2D eigenvalue weighted by Gasteiger charge is 2.25. The van der Waals surface area contributed by atoms with Crippen molar-refractivity contribution in [2.45, 2.75) is 23.6 Å². The van der Waals surface area contributed by atoms with E-state index < -0.39 is 21.1 Å². The smallest absolute Gasteiger partial charge is 0.358 e. The average Bonchev–Trinajstić information content (AvgIpc) is 2.38. The van der Waals surface area contributed by atoms with Gasteiger partial charge in [-0.2, -0.15) is 0 Å². The van der Waals surface area contributed by atoms with Gasteiger partial charge >= 0.3 is 5.97 Å². The number of methoxy groups -OCH3 is 1. The molecular weight excluding hydrogens is 280 g/mol. The molecule has 0 bridgehead atoms. The van der Waals surface area contributed by atoms with E-state index in [4.69, 9.17) is 11.6 Å². The third-order valence-corrected chi connectivity index (χ3v) is 4.64. The lowest BCUT2D eigenvalue weighted by molar-refractivity contribution is 0.0592. The SMILES string of the molecule is COC(=O)c1cncc(S(=O)(=O)C(C)CCCl)n1. The van der Waals surface area contributed by atoms with Crippen LogP contribution < -0.4 is 0 Å². The summed E-state index contributed by atoms with van der Waals surface area (Å²) in [7, 11) is -2.45. The predicted octanol–water partition coefficient (Wildman–Crippen LogP) is 1.05. The highest BCUT2D eigenvalue weighted by molar-refractivity contribution is 7.92. The van der Waals surface area contributed by atoms with E-state index in [1.165, 1.54) is 14.0 Å². The molecule has 0 aromatic carbocycles. The van der Waals surface area contributed by atoms with Crippen molar-refractivity contribution < 1.29 is 17.9 Å². The number of ether oxygens (including phenoxy) is 1. The fraction of sp³-hybridized carbons (Fsp3) is 0.500. The van der Waals surface area contributed by atoms with Crippen molar-refractivity contribution in [1.82, 2.24) is 9.97 Å². The summed E-state index contributed by atoms with van der Waals surface area (Å²) in [6.45, 7) is 1.53. The van der Waals surface area contributed by atoms with Crippen LogP contribution in [0.3, 0.4) is 0 Å². The van der Waals surface area contributed by atoms with Gasteiger partial charge in [0.05, 0.1) is 24.8 Å². The molecular formula is C10H13ClN2O4S. The maximum Gasteiger partial charge on any atom is 0.358 e. The maximum absolute atomic E-state index is 12.1. The summed E-state index contributed by atoms with van der Waals surface area (Å²) < 4.78 is 28.6. The number of rotatable bonds is 5. The summed E-state index contributed by atoms with van der Waals surface area (Å²) in [5.41, 5.74) is -0.142. The Kier molecular flexibility index (Phi) is 5.03. The number of alkyl halides is 1. The first-order chi connectivity index (χ1) is 8.43. The topological polar surface area (TPSA) is 86.2 Å². The van der Waals surface area contributed by atoms with Gasteiger partial charge in [-0.25, -0.2) is 18.2 Å². The van der Waals surface area contributed by atoms with Crippen molar-refractivity contribution in [3.8, 4) is 0 Å². The third kappa shape index (κ3) is 3.17. The van der Waals surface area contributed by atoms with Crippen molar-refractivity contribution in [3.05, 3.63) is 18.1 Å². The molecule has 1 heterocycles. The first-order valence-corrected chi connectivity index (χ1v) is 7.21. The zero-order valence-electron chi connectivity index (χ0n) is 9.96. The molecule has 0 fully saturated rings. The minimum atomic E-state index is -3.63. The van der Waals surface area contributed by atoms with E-state index in [0.717, 1.165) is 12.4 Å². The Morgan fingerprint density at radius 2 is 2.17 bits per heavy atom. The van der Waals surface area contributed by atoms with Crippen LogP contribution in [-0.2, 0) is 14.6 Å². The average molecular weight is 293 g/mol. The molecule has 0 saturated carbocycles. The second kappa shape index (κ2) is 6.10. The van der Waals surface area contributed by atoms with Gasteiger partial charge in [0.1, 0.15) is 0 Å². The van der Waals surface area contributed by atoms with Gasteiger partial charge in [0, 0.05) is 5.88 Å². The molecule has 0 aliphatic heterocycles. The van der Waals surface area contributed by atoms with Crippen LogP contribution >= 0.6 is 11.6 Å². The highest BCUT2D eigenvalue weighted by Crippen LogP contribution is 2.16. The van der Waals surface area contributed by atoms with Gasteiger partial charge in [-0.15, -0.1) is 11.6 Å². The molecule has 1 aromatic rings. The van der Waals surface area contributed by atoms with E-state index >= 15 is 0 Å². The summed E-state index contributed by atoms with van der Waals surface area (Å²) in [5, 5.41) is -0.930. The first-order valence-electron chi connectivity index (χ1n) is 5.13. The van der Waals surface area contributed by atoms with Gasteiger partial charge in [0.2, 0.25) is 0 Å². The fourth-order valence-corrected chi connectivity index (χ4v) is 2.93. The van der Waals surface area contributed by atoms with Crippen LogP contribution in [0, 0.1) is 0 Å². The van der Waals surface area contributed by atoms with Crippen LogP contribution in [0.5, 0.6) is 0 Å². The number of esters is 1. The van der Waals surface area contributed by atoms with Gasteiger partial charge in [0.25, 0.3) is 0 Å². The van der Waals surface area contributed by atoms with Crippen LogP contribution in [0.15, 0.2) is 17.4 Å². The molecule has 100 valence electrons. The Morgan fingerprint density at radius 3 is 2.72 bits per heavy atom. The van der Waals surface area contributed by atoms with E-state index in [-0.39, 0.29) is 16.6 Å². The maximum atomic E-state index is 12.1. The number of carbonyl (C=O) groups is 1. The first kappa shape index (κ1) is 14.8. The van der Waals surface area contributed by atoms with E-state index in [1.54, 1.807) is 0 Å². The van der Waals surface area contributed by atoms with Gasteiger partial charge < -0.3 is 4.74 Å². The van der Waals surface area contributed by atoms with Gasteiger partial charge in [-0.05, 0) is 13.3 Å². The monoisotopic (exact) mass is 292 g/mol. The number of hydrogen-bond acceptors (Lipinski definition) is 6. The van der Waals surface area contributed by atoms with Gasteiger partial charge in [0.15, 0.2) is 20.6 Å². The summed E-state index contributed by atoms with van der Waals surface area (Å²) in [4.78, 5) is 18.7. The zero-order chi connectivity index (χ0) is 13.8. The molecule has 18 heavy (non-hydrogen) atoms. The van der Waals surface area contributed by atoms with Crippen LogP contribution in [-0.4, -0.2) is 42.6 Å². The van der Waals surface area contributed by atoms with Crippen molar-refractivity contribution in [3.63, 3.8) is 0 Å². The van der Waals surface area contributed by atoms with Crippen molar-refractivity contribution in [2.75, 3.05) is 13.0 Å². The Hall–Kier alpha value is -1.21. The summed E-state index contributed by atoms with van der Waals surface area (Å²) in [6, 6.07) is 0. The molecule has 1 aromatic heterocycles. The Balaban J connectivity index is 3.14. The molecule has 1 rings (SSSR count). The molecule has 0 amide bonds. The normalized spacial score (nSPS) is 13.1. The molecule has 0 spiro atoms. The van der Waals surface area contributed by atoms with Gasteiger partial charge in [-0.3, -0.25) is 4.98 Å². The van der Waals surface area contributed by atoms with E-state index in [2.05, 4.69) is 14.7 Å². The highest BCUT2D eigenvalue weighted by atomic mass is 35.5. The van der Waals surface area contributed by atoms with Crippen LogP contribution in [0.4, 0.5) is 0 Å². The number of halogens is 1. The predicted molar refractivity (Wildman–Crippen MR) is 65.4 cm³/mol. The summed E-state index contributed by atoms with van der Waals surface area (Å²) >= 11 is 5.52. The molecule has 8 heteroatoms.